The number of nitrogens with zero attached hydrogens (tertiary/aromatic N) is 3. The molecule has 0 aliphatic heterocycles. The Hall–Kier alpha value is -2.65. The molecular weight excluding hydrogens is 244 g/mol. The van der Waals surface area contributed by atoms with Crippen molar-refractivity contribution in [3.8, 4) is 11.8 Å². The lowest BCUT2D eigenvalue weighted by Crippen LogP contribution is -2.16. The Balaban J connectivity index is 2.15. The molecule has 2 aromatic rings. The zero-order chi connectivity index (χ0) is 13.7. The van der Waals surface area contributed by atoms with Crippen LogP contribution in [-0.4, -0.2) is 32.4 Å². The number of carbonyl (C=O) groups excluding carboxylic acids is 1. The van der Waals surface area contributed by atoms with Crippen molar-refractivity contribution in [1.82, 2.24) is 14.8 Å². The number of aliphatic hydroxyl groups excluding tert-OH is 1. The smallest absolute Gasteiger partial charge is 0.275 e. The van der Waals surface area contributed by atoms with Gasteiger partial charge in [0.1, 0.15) is 18.1 Å². The van der Waals surface area contributed by atoms with E-state index in [2.05, 4.69) is 27.2 Å². The number of pyridine rings is 1. The molecule has 0 bridgehead atoms. The van der Waals surface area contributed by atoms with E-state index in [0.29, 0.717) is 17.1 Å². The van der Waals surface area contributed by atoms with E-state index in [1.165, 1.54) is 4.68 Å². The predicted octanol–water partition coefficient (Wildman–Crippen LogP) is 0.411. The van der Waals surface area contributed by atoms with Crippen LogP contribution in [0.15, 0.2) is 30.6 Å². The number of aliphatic hydroxyl groups is 1. The molecule has 0 fully saturated rings. The van der Waals surface area contributed by atoms with Crippen molar-refractivity contribution in [2.24, 2.45) is 7.05 Å². The molecule has 6 nitrogen and oxygen atoms in total. The molecule has 0 aromatic carbocycles. The van der Waals surface area contributed by atoms with E-state index < -0.39 is 0 Å². The maximum atomic E-state index is 11.9. The van der Waals surface area contributed by atoms with Crippen LogP contribution in [0.3, 0.4) is 0 Å². The minimum absolute atomic E-state index is 0.209. The summed E-state index contributed by atoms with van der Waals surface area (Å²) in [5.41, 5.74) is 1.11. The highest BCUT2D eigenvalue weighted by atomic mass is 16.2. The molecule has 0 unspecified atom stereocenters. The van der Waals surface area contributed by atoms with Crippen LogP contribution in [0.4, 0.5) is 5.82 Å². The topological polar surface area (TPSA) is 80.0 Å². The summed E-state index contributed by atoms with van der Waals surface area (Å²) in [5.74, 6) is 5.39. The first kappa shape index (κ1) is 12.8. The summed E-state index contributed by atoms with van der Waals surface area (Å²) >= 11 is 0. The van der Waals surface area contributed by atoms with E-state index in [1.54, 1.807) is 37.6 Å². The highest BCUT2D eigenvalue weighted by molar-refractivity contribution is 6.02. The van der Waals surface area contributed by atoms with Crippen LogP contribution in [-0.2, 0) is 7.05 Å². The monoisotopic (exact) mass is 256 g/mol. The Morgan fingerprint density at radius 2 is 2.32 bits per heavy atom. The largest absolute Gasteiger partial charge is 0.384 e. The van der Waals surface area contributed by atoms with E-state index in [-0.39, 0.29) is 12.5 Å². The first-order valence-corrected chi connectivity index (χ1v) is 5.56. The van der Waals surface area contributed by atoms with Crippen molar-refractivity contribution in [1.29, 1.82) is 0 Å². The van der Waals surface area contributed by atoms with E-state index in [4.69, 9.17) is 5.11 Å². The summed E-state index contributed by atoms with van der Waals surface area (Å²) in [5, 5.41) is 15.2. The third-order valence-electron chi connectivity index (χ3n) is 2.37. The molecule has 0 radical (unpaired) electrons. The highest BCUT2D eigenvalue weighted by Gasteiger charge is 2.10. The third kappa shape index (κ3) is 3.18. The fraction of sp³-hybridized carbons (Fsp3) is 0.154. The predicted molar refractivity (Wildman–Crippen MR) is 69.4 cm³/mol. The summed E-state index contributed by atoms with van der Waals surface area (Å²) in [7, 11) is 1.69. The molecule has 2 N–H and O–H groups in total. The molecule has 2 rings (SSSR count). The summed E-state index contributed by atoms with van der Waals surface area (Å²) in [6, 6.07) is 4.95. The van der Waals surface area contributed by atoms with Crippen LogP contribution in [0.2, 0.25) is 0 Å². The van der Waals surface area contributed by atoms with Crippen molar-refractivity contribution < 1.29 is 9.90 Å². The molecule has 1 amide bonds. The highest BCUT2D eigenvalue weighted by Crippen LogP contribution is 2.08. The van der Waals surface area contributed by atoms with Crippen LogP contribution in [0.1, 0.15) is 16.1 Å². The molecule has 0 spiro atoms. The zero-order valence-corrected chi connectivity index (χ0v) is 10.3. The minimum Gasteiger partial charge on any atom is -0.384 e. The van der Waals surface area contributed by atoms with Crippen molar-refractivity contribution in [3.05, 3.63) is 41.9 Å². The molecule has 19 heavy (non-hydrogen) atoms. The lowest BCUT2D eigenvalue weighted by atomic mass is 10.2. The van der Waals surface area contributed by atoms with Crippen LogP contribution in [0.5, 0.6) is 0 Å². The van der Waals surface area contributed by atoms with Crippen molar-refractivity contribution in [3.63, 3.8) is 0 Å². The van der Waals surface area contributed by atoms with Gasteiger partial charge >= 0.3 is 0 Å². The lowest BCUT2D eigenvalue weighted by molar-refractivity contribution is 0.101. The van der Waals surface area contributed by atoms with E-state index >= 15 is 0 Å². The number of carbonyl (C=O) groups is 1. The first-order valence-electron chi connectivity index (χ1n) is 5.56. The Morgan fingerprint density at radius 1 is 1.47 bits per heavy atom. The molecular formula is C13H12N4O2. The second-order valence-electron chi connectivity index (χ2n) is 3.68. The van der Waals surface area contributed by atoms with Crippen molar-refractivity contribution in [2.45, 2.75) is 0 Å². The number of anilines is 1. The van der Waals surface area contributed by atoms with Crippen LogP contribution >= 0.6 is 0 Å². The second-order valence-corrected chi connectivity index (χ2v) is 3.68. The number of hydrogen-bond acceptors (Lipinski definition) is 4. The number of nitrogens with one attached hydrogen (secondary N) is 1. The average Bonchev–Trinajstić information content (AvgIpc) is 2.83. The standard InChI is InChI=1S/C13H12N4O2/c1-17-11(5-7-15-17)13(19)16-12-9-10(3-2-8-18)4-6-14-12/h4-7,9,18H,8H2,1H3,(H,14,16,19). The van der Waals surface area contributed by atoms with Gasteiger partial charge in [0.2, 0.25) is 0 Å². The molecule has 0 atom stereocenters. The fourth-order valence-electron chi connectivity index (χ4n) is 1.50. The number of rotatable bonds is 2. The molecule has 0 saturated heterocycles. The Bertz CT molecular complexity index is 652. The normalized spacial score (nSPS) is 9.58. The minimum atomic E-state index is -0.292. The Morgan fingerprint density at radius 3 is 3.00 bits per heavy atom. The Labute approximate surface area is 110 Å². The maximum Gasteiger partial charge on any atom is 0.275 e. The summed E-state index contributed by atoms with van der Waals surface area (Å²) in [6.07, 6.45) is 3.09. The van der Waals surface area contributed by atoms with Crippen molar-refractivity contribution >= 4 is 11.7 Å². The van der Waals surface area contributed by atoms with Gasteiger partial charge in [-0.1, -0.05) is 11.8 Å². The summed E-state index contributed by atoms with van der Waals surface area (Å²) in [6.45, 7) is -0.209. The third-order valence-corrected chi connectivity index (χ3v) is 2.37. The average molecular weight is 256 g/mol. The van der Waals surface area contributed by atoms with Crippen LogP contribution < -0.4 is 5.32 Å². The van der Waals surface area contributed by atoms with Gasteiger partial charge in [0.05, 0.1) is 0 Å². The lowest BCUT2D eigenvalue weighted by Gasteiger charge is -2.04. The number of aromatic nitrogens is 3. The molecule has 0 aliphatic rings. The van der Waals surface area contributed by atoms with E-state index in [1.807, 2.05) is 0 Å². The molecule has 0 saturated carbocycles. The van der Waals surface area contributed by atoms with Crippen molar-refractivity contribution in [2.75, 3.05) is 11.9 Å². The van der Waals surface area contributed by atoms with Gasteiger partial charge in [-0.25, -0.2) is 4.98 Å². The maximum absolute atomic E-state index is 11.9. The zero-order valence-electron chi connectivity index (χ0n) is 10.3. The quantitative estimate of drug-likeness (QED) is 0.763. The first-order chi connectivity index (χ1) is 9.20. The molecule has 2 heterocycles. The van der Waals surface area contributed by atoms with Gasteiger partial charge in [0, 0.05) is 25.0 Å². The summed E-state index contributed by atoms with van der Waals surface area (Å²) < 4.78 is 1.48. The van der Waals surface area contributed by atoms with Gasteiger partial charge in [-0.15, -0.1) is 0 Å². The summed E-state index contributed by atoms with van der Waals surface area (Å²) in [4.78, 5) is 16.0. The van der Waals surface area contributed by atoms with Crippen LogP contribution in [0, 0.1) is 11.8 Å². The van der Waals surface area contributed by atoms with Crippen LogP contribution in [0.25, 0.3) is 0 Å². The molecule has 6 heteroatoms. The molecule has 2 aromatic heterocycles. The van der Waals surface area contributed by atoms with E-state index in [9.17, 15) is 4.79 Å². The fourth-order valence-corrected chi connectivity index (χ4v) is 1.50. The number of amides is 1. The van der Waals surface area contributed by atoms with Gasteiger partial charge in [0.25, 0.3) is 5.91 Å². The SMILES string of the molecule is Cn1nccc1C(=O)Nc1cc(C#CCO)ccn1. The van der Waals surface area contributed by atoms with Gasteiger partial charge in [-0.2, -0.15) is 5.10 Å². The molecule has 0 aliphatic carbocycles. The number of aryl methyl sites for hydroxylation is 1. The second kappa shape index (κ2) is 5.80. The van der Waals surface area contributed by atoms with Gasteiger partial charge in [-0.05, 0) is 18.2 Å². The molecule has 96 valence electrons. The Kier molecular flexibility index (Phi) is 3.90. The van der Waals surface area contributed by atoms with Gasteiger partial charge in [-0.3, -0.25) is 9.48 Å². The van der Waals surface area contributed by atoms with Gasteiger partial charge in [0.15, 0.2) is 0 Å². The van der Waals surface area contributed by atoms with Gasteiger partial charge < -0.3 is 10.4 Å². The number of hydrogen-bond donors (Lipinski definition) is 2. The van der Waals surface area contributed by atoms with E-state index in [0.717, 1.165) is 0 Å².